The number of nitrogens with one attached hydrogen (secondary N) is 3. The predicted octanol–water partition coefficient (Wildman–Crippen LogP) is 1.94. The largest absolute Gasteiger partial charge is 0.454 e. The number of urea groups is 1. The van der Waals surface area contributed by atoms with Gasteiger partial charge in [-0.15, -0.1) is 0 Å². The van der Waals surface area contributed by atoms with E-state index >= 15 is 0 Å². The average Bonchev–Trinajstić information content (AvgIpc) is 3.02. The highest BCUT2D eigenvalue weighted by Gasteiger charge is 2.20. The van der Waals surface area contributed by atoms with E-state index in [0.717, 1.165) is 31.6 Å². The first-order valence-corrected chi connectivity index (χ1v) is 7.88. The van der Waals surface area contributed by atoms with Gasteiger partial charge in [-0.25, -0.2) is 10.2 Å². The number of carbonyl (C=O) groups excluding carboxylic acids is 2. The predicted molar refractivity (Wildman–Crippen MR) is 83.1 cm³/mol. The van der Waals surface area contributed by atoms with Crippen molar-refractivity contribution in [3.05, 3.63) is 23.8 Å². The third-order valence-corrected chi connectivity index (χ3v) is 4.28. The average molecular weight is 319 g/mol. The Bertz CT molecular complexity index is 597. The summed E-state index contributed by atoms with van der Waals surface area (Å²) in [6.45, 7) is 2.38. The Morgan fingerprint density at radius 1 is 1.04 bits per heavy atom. The van der Waals surface area contributed by atoms with E-state index in [0.29, 0.717) is 17.1 Å². The minimum absolute atomic E-state index is 0.154. The minimum Gasteiger partial charge on any atom is -0.454 e. The Morgan fingerprint density at radius 3 is 2.57 bits per heavy atom. The fourth-order valence-corrected chi connectivity index (χ4v) is 2.85. The second kappa shape index (κ2) is 6.76. The lowest BCUT2D eigenvalue weighted by atomic mass is 9.87. The molecular formula is C16H21N3O4. The third-order valence-electron chi connectivity index (χ3n) is 4.28. The van der Waals surface area contributed by atoms with Crippen LogP contribution >= 0.6 is 0 Å². The maximum Gasteiger partial charge on any atom is 0.333 e. The van der Waals surface area contributed by atoms with Crippen LogP contribution < -0.4 is 25.6 Å². The number of hydrazine groups is 1. The SMILES string of the molecule is CC1CCC(NC(=O)NNC(=O)c2ccc3c(c2)OCO3)CC1. The molecule has 1 aliphatic heterocycles. The van der Waals surface area contributed by atoms with Gasteiger partial charge in [0.15, 0.2) is 11.5 Å². The fraction of sp³-hybridized carbons (Fsp3) is 0.500. The molecule has 1 fully saturated rings. The van der Waals surface area contributed by atoms with Gasteiger partial charge in [0.2, 0.25) is 6.79 Å². The molecule has 0 radical (unpaired) electrons. The molecule has 1 aromatic rings. The van der Waals surface area contributed by atoms with Gasteiger partial charge < -0.3 is 14.8 Å². The van der Waals surface area contributed by atoms with Crippen LogP contribution in [0.4, 0.5) is 4.79 Å². The number of benzene rings is 1. The highest BCUT2D eigenvalue weighted by Crippen LogP contribution is 2.32. The molecule has 3 rings (SSSR count). The van der Waals surface area contributed by atoms with Crippen LogP contribution in [0.25, 0.3) is 0 Å². The number of fused-ring (bicyclic) bond motifs is 1. The van der Waals surface area contributed by atoms with Crippen molar-refractivity contribution in [2.45, 2.75) is 38.6 Å². The van der Waals surface area contributed by atoms with Crippen molar-refractivity contribution in [2.24, 2.45) is 5.92 Å². The van der Waals surface area contributed by atoms with Crippen LogP contribution in [0.3, 0.4) is 0 Å². The summed E-state index contributed by atoms with van der Waals surface area (Å²) in [6, 6.07) is 4.65. The first-order valence-electron chi connectivity index (χ1n) is 7.88. The Hall–Kier alpha value is -2.44. The molecule has 0 unspecified atom stereocenters. The number of carbonyl (C=O) groups is 2. The number of hydrogen-bond acceptors (Lipinski definition) is 4. The molecule has 0 saturated heterocycles. The molecule has 3 amide bonds. The topological polar surface area (TPSA) is 88.7 Å². The van der Waals surface area contributed by atoms with Gasteiger partial charge in [0.25, 0.3) is 5.91 Å². The quantitative estimate of drug-likeness (QED) is 0.727. The first kappa shape index (κ1) is 15.5. The zero-order chi connectivity index (χ0) is 16.2. The molecule has 0 atom stereocenters. The smallest absolute Gasteiger partial charge is 0.333 e. The third kappa shape index (κ3) is 3.85. The fourth-order valence-electron chi connectivity index (χ4n) is 2.85. The Labute approximate surface area is 134 Å². The molecule has 2 aliphatic rings. The first-order chi connectivity index (χ1) is 11.1. The summed E-state index contributed by atoms with van der Waals surface area (Å²) in [7, 11) is 0. The van der Waals surface area contributed by atoms with Crippen LogP contribution in [-0.4, -0.2) is 24.8 Å². The minimum atomic E-state index is -0.407. The van der Waals surface area contributed by atoms with Gasteiger partial charge in [0, 0.05) is 11.6 Å². The van der Waals surface area contributed by atoms with Gasteiger partial charge in [0.1, 0.15) is 0 Å². The van der Waals surface area contributed by atoms with Crippen molar-refractivity contribution in [1.82, 2.24) is 16.2 Å². The molecule has 3 N–H and O–H groups in total. The summed E-state index contributed by atoms with van der Waals surface area (Å²) in [6.07, 6.45) is 4.19. The monoisotopic (exact) mass is 319 g/mol. The van der Waals surface area contributed by atoms with E-state index < -0.39 is 11.9 Å². The van der Waals surface area contributed by atoms with Crippen LogP contribution in [0.5, 0.6) is 11.5 Å². The van der Waals surface area contributed by atoms with Gasteiger partial charge in [-0.2, -0.15) is 0 Å². The van der Waals surface area contributed by atoms with Crippen molar-refractivity contribution in [2.75, 3.05) is 6.79 Å². The summed E-state index contributed by atoms with van der Waals surface area (Å²) in [5, 5.41) is 2.88. The van der Waals surface area contributed by atoms with Crippen molar-refractivity contribution < 1.29 is 19.1 Å². The van der Waals surface area contributed by atoms with Crippen molar-refractivity contribution in [1.29, 1.82) is 0 Å². The van der Waals surface area contributed by atoms with Crippen LogP contribution in [0.1, 0.15) is 43.0 Å². The molecular weight excluding hydrogens is 298 g/mol. The van der Waals surface area contributed by atoms with Crippen molar-refractivity contribution >= 4 is 11.9 Å². The molecule has 7 nitrogen and oxygen atoms in total. The maximum absolute atomic E-state index is 12.0. The van der Waals surface area contributed by atoms with E-state index in [2.05, 4.69) is 23.1 Å². The summed E-state index contributed by atoms with van der Waals surface area (Å²) in [5.74, 6) is 1.45. The van der Waals surface area contributed by atoms with Gasteiger partial charge in [-0.1, -0.05) is 6.92 Å². The van der Waals surface area contributed by atoms with Gasteiger partial charge in [-0.3, -0.25) is 10.2 Å². The Morgan fingerprint density at radius 2 is 1.78 bits per heavy atom. The lowest BCUT2D eigenvalue weighted by Crippen LogP contribution is -2.50. The standard InChI is InChI=1S/C16H21N3O4/c1-10-2-5-12(6-3-10)17-16(21)19-18-15(20)11-4-7-13-14(8-11)23-9-22-13/h4,7-8,10,12H,2-3,5-6,9H2,1H3,(H,18,20)(H2,17,19,21). The summed E-state index contributed by atoms with van der Waals surface area (Å²) in [5.41, 5.74) is 5.17. The summed E-state index contributed by atoms with van der Waals surface area (Å²) < 4.78 is 10.4. The van der Waals surface area contributed by atoms with E-state index in [1.54, 1.807) is 18.2 Å². The highest BCUT2D eigenvalue weighted by molar-refractivity contribution is 5.95. The van der Waals surface area contributed by atoms with Gasteiger partial charge in [-0.05, 0) is 49.8 Å². The Balaban J connectivity index is 1.46. The molecule has 1 aliphatic carbocycles. The molecule has 0 spiro atoms. The van der Waals surface area contributed by atoms with Crippen LogP contribution in [-0.2, 0) is 0 Å². The Kier molecular flexibility index (Phi) is 4.55. The molecule has 1 aromatic carbocycles. The molecule has 1 saturated carbocycles. The molecule has 0 bridgehead atoms. The molecule has 23 heavy (non-hydrogen) atoms. The van der Waals surface area contributed by atoms with Crippen LogP contribution in [0, 0.1) is 5.92 Å². The lowest BCUT2D eigenvalue weighted by molar-refractivity contribution is 0.0935. The number of amides is 3. The van der Waals surface area contributed by atoms with Crippen molar-refractivity contribution in [3.63, 3.8) is 0 Å². The summed E-state index contributed by atoms with van der Waals surface area (Å²) in [4.78, 5) is 23.9. The zero-order valence-corrected chi connectivity index (χ0v) is 13.1. The molecule has 7 heteroatoms. The van der Waals surface area contributed by atoms with E-state index in [9.17, 15) is 9.59 Å². The number of hydrogen-bond donors (Lipinski definition) is 3. The van der Waals surface area contributed by atoms with Crippen LogP contribution in [0.15, 0.2) is 18.2 Å². The van der Waals surface area contributed by atoms with E-state index in [1.165, 1.54) is 0 Å². The van der Waals surface area contributed by atoms with E-state index in [-0.39, 0.29) is 12.8 Å². The normalized spacial score (nSPS) is 22.3. The lowest BCUT2D eigenvalue weighted by Gasteiger charge is -2.26. The number of ether oxygens (including phenoxy) is 2. The van der Waals surface area contributed by atoms with Crippen molar-refractivity contribution in [3.8, 4) is 11.5 Å². The van der Waals surface area contributed by atoms with Crippen LogP contribution in [0.2, 0.25) is 0 Å². The second-order valence-electron chi connectivity index (χ2n) is 6.08. The van der Waals surface area contributed by atoms with E-state index in [1.807, 2.05) is 0 Å². The molecule has 124 valence electrons. The maximum atomic E-state index is 12.0. The number of rotatable bonds is 2. The van der Waals surface area contributed by atoms with Gasteiger partial charge in [0.05, 0.1) is 0 Å². The van der Waals surface area contributed by atoms with E-state index in [4.69, 9.17) is 9.47 Å². The van der Waals surface area contributed by atoms with Gasteiger partial charge >= 0.3 is 6.03 Å². The zero-order valence-electron chi connectivity index (χ0n) is 13.1. The molecule has 0 aromatic heterocycles. The highest BCUT2D eigenvalue weighted by atomic mass is 16.7. The second-order valence-corrected chi connectivity index (χ2v) is 6.08. The molecule has 1 heterocycles. The summed E-state index contributed by atoms with van der Waals surface area (Å²) >= 11 is 0.